The molecule has 0 bridgehead atoms. The number of ether oxygens (including phenoxy) is 2. The number of aromatic nitrogens is 2. The molecule has 1 aliphatic rings. The number of anilines is 1. The van der Waals surface area contributed by atoms with Gasteiger partial charge in [-0.25, -0.2) is 4.68 Å². The highest BCUT2D eigenvalue weighted by atomic mass is 35.5. The molecule has 0 spiro atoms. The van der Waals surface area contributed by atoms with E-state index in [-0.39, 0.29) is 5.69 Å². The highest BCUT2D eigenvalue weighted by Crippen LogP contribution is 2.38. The van der Waals surface area contributed by atoms with Crippen molar-refractivity contribution in [3.8, 4) is 17.2 Å². The Balaban J connectivity index is 1.62. The zero-order valence-electron chi connectivity index (χ0n) is 15.9. The third-order valence-corrected chi connectivity index (χ3v) is 4.72. The molecule has 0 saturated carbocycles. The van der Waals surface area contributed by atoms with E-state index in [1.807, 2.05) is 0 Å². The van der Waals surface area contributed by atoms with Crippen LogP contribution in [0.2, 0.25) is 5.02 Å². The fraction of sp³-hybridized carbons (Fsp3) is 0.200. The summed E-state index contributed by atoms with van der Waals surface area (Å²) in [6.07, 6.45) is 0.722. The van der Waals surface area contributed by atoms with E-state index in [9.17, 15) is 14.9 Å². The maximum absolute atomic E-state index is 12.9. The Kier molecular flexibility index (Phi) is 5.28. The summed E-state index contributed by atoms with van der Waals surface area (Å²) in [5.74, 6) is 0.855. The molecule has 30 heavy (non-hydrogen) atoms. The maximum atomic E-state index is 12.9. The monoisotopic (exact) mass is 428 g/mol. The standard InChI is InChI=1S/C20H17ClN4O5/c1-12-9-18(24(23-12)14-3-5-15(6-4-14)25(27)28)22-20(26)13-10-16(21)19-17(11-13)29-7-2-8-30-19/h3-6,9-11H,2,7-8H2,1H3,(H,22,26). The Labute approximate surface area is 176 Å². The molecule has 0 atom stereocenters. The molecular weight excluding hydrogens is 412 g/mol. The fourth-order valence-corrected chi connectivity index (χ4v) is 3.32. The number of hydrogen-bond acceptors (Lipinski definition) is 6. The molecule has 9 nitrogen and oxygen atoms in total. The minimum atomic E-state index is -0.478. The molecule has 4 rings (SSSR count). The molecule has 1 amide bonds. The summed E-state index contributed by atoms with van der Waals surface area (Å²) in [5, 5.41) is 18.3. The van der Waals surface area contributed by atoms with Gasteiger partial charge in [-0.3, -0.25) is 14.9 Å². The molecule has 2 aromatic carbocycles. The first kappa shape index (κ1) is 19.7. The molecule has 1 N–H and O–H groups in total. The molecule has 3 aromatic rings. The van der Waals surface area contributed by atoms with Gasteiger partial charge in [-0.05, 0) is 31.2 Å². The first-order valence-electron chi connectivity index (χ1n) is 9.14. The molecule has 0 unspecified atom stereocenters. The van der Waals surface area contributed by atoms with Gasteiger partial charge in [-0.2, -0.15) is 5.10 Å². The van der Waals surface area contributed by atoms with Crippen LogP contribution in [0.3, 0.4) is 0 Å². The smallest absolute Gasteiger partial charge is 0.269 e. The minimum absolute atomic E-state index is 0.0324. The number of non-ortho nitro benzene ring substituents is 1. The van der Waals surface area contributed by atoms with E-state index in [2.05, 4.69) is 10.4 Å². The Morgan fingerprint density at radius 1 is 1.20 bits per heavy atom. The highest BCUT2D eigenvalue weighted by molar-refractivity contribution is 6.32. The number of carbonyl (C=O) groups excluding carboxylic acids is 1. The van der Waals surface area contributed by atoms with E-state index >= 15 is 0 Å². The molecule has 0 radical (unpaired) electrons. The van der Waals surface area contributed by atoms with Crippen LogP contribution in [0.15, 0.2) is 42.5 Å². The van der Waals surface area contributed by atoms with Crippen molar-refractivity contribution in [1.82, 2.24) is 9.78 Å². The Morgan fingerprint density at radius 3 is 2.67 bits per heavy atom. The van der Waals surface area contributed by atoms with Crippen molar-refractivity contribution in [2.24, 2.45) is 0 Å². The van der Waals surface area contributed by atoms with Gasteiger partial charge in [0.15, 0.2) is 11.5 Å². The summed E-state index contributed by atoms with van der Waals surface area (Å²) in [6, 6.07) is 10.7. The lowest BCUT2D eigenvalue weighted by atomic mass is 10.2. The van der Waals surface area contributed by atoms with Gasteiger partial charge >= 0.3 is 0 Å². The lowest BCUT2D eigenvalue weighted by Gasteiger charge is -2.12. The van der Waals surface area contributed by atoms with E-state index in [4.69, 9.17) is 21.1 Å². The third-order valence-electron chi connectivity index (χ3n) is 4.44. The van der Waals surface area contributed by atoms with Crippen LogP contribution in [0.5, 0.6) is 11.5 Å². The van der Waals surface area contributed by atoms with Crippen molar-refractivity contribution in [3.05, 3.63) is 68.9 Å². The average Bonchev–Trinajstić information content (AvgIpc) is 2.93. The largest absolute Gasteiger partial charge is 0.489 e. The second kappa shape index (κ2) is 8.03. The number of halogens is 1. The molecule has 0 saturated heterocycles. The lowest BCUT2D eigenvalue weighted by Crippen LogP contribution is -2.15. The molecule has 10 heteroatoms. The number of carbonyl (C=O) groups is 1. The van der Waals surface area contributed by atoms with Crippen molar-refractivity contribution < 1.29 is 19.2 Å². The van der Waals surface area contributed by atoms with Crippen LogP contribution in [0, 0.1) is 17.0 Å². The molecule has 1 aliphatic heterocycles. The topological polar surface area (TPSA) is 109 Å². The van der Waals surface area contributed by atoms with Gasteiger partial charge in [0.1, 0.15) is 5.82 Å². The number of nitrogens with zero attached hydrogens (tertiary/aromatic N) is 3. The summed E-state index contributed by atoms with van der Waals surface area (Å²) in [7, 11) is 0. The van der Waals surface area contributed by atoms with Crippen LogP contribution in [0.25, 0.3) is 5.69 Å². The quantitative estimate of drug-likeness (QED) is 0.493. The predicted molar refractivity (Wildman–Crippen MR) is 110 cm³/mol. The Morgan fingerprint density at radius 2 is 1.93 bits per heavy atom. The maximum Gasteiger partial charge on any atom is 0.269 e. The Hall–Kier alpha value is -3.59. The number of fused-ring (bicyclic) bond motifs is 1. The van der Waals surface area contributed by atoms with Gasteiger partial charge in [-0.1, -0.05) is 11.6 Å². The van der Waals surface area contributed by atoms with Crippen molar-refractivity contribution >= 4 is 29.0 Å². The van der Waals surface area contributed by atoms with Crippen LogP contribution in [0.4, 0.5) is 11.5 Å². The van der Waals surface area contributed by atoms with Crippen molar-refractivity contribution in [1.29, 1.82) is 0 Å². The van der Waals surface area contributed by atoms with Gasteiger partial charge in [0, 0.05) is 30.2 Å². The second-order valence-electron chi connectivity index (χ2n) is 6.65. The molecule has 0 aliphatic carbocycles. The van der Waals surface area contributed by atoms with E-state index < -0.39 is 10.8 Å². The number of amides is 1. The molecule has 2 heterocycles. The van der Waals surface area contributed by atoms with Gasteiger partial charge in [0.25, 0.3) is 11.6 Å². The van der Waals surface area contributed by atoms with Crippen molar-refractivity contribution in [3.63, 3.8) is 0 Å². The summed E-state index contributed by atoms with van der Waals surface area (Å²) < 4.78 is 12.7. The summed E-state index contributed by atoms with van der Waals surface area (Å²) in [6.45, 7) is 2.74. The number of aryl methyl sites for hydroxylation is 1. The van der Waals surface area contributed by atoms with Gasteiger partial charge < -0.3 is 14.8 Å². The number of hydrogen-bond donors (Lipinski definition) is 1. The van der Waals surface area contributed by atoms with Crippen LogP contribution >= 0.6 is 11.6 Å². The zero-order chi connectivity index (χ0) is 21.3. The van der Waals surface area contributed by atoms with E-state index in [1.54, 1.807) is 31.2 Å². The SMILES string of the molecule is Cc1cc(NC(=O)c2cc(Cl)c3c(c2)OCCCO3)n(-c2ccc([N+](=O)[O-])cc2)n1. The van der Waals surface area contributed by atoms with Crippen molar-refractivity contribution in [2.75, 3.05) is 18.5 Å². The second-order valence-corrected chi connectivity index (χ2v) is 7.05. The zero-order valence-corrected chi connectivity index (χ0v) is 16.7. The first-order valence-corrected chi connectivity index (χ1v) is 9.52. The van der Waals surface area contributed by atoms with Crippen LogP contribution < -0.4 is 14.8 Å². The van der Waals surface area contributed by atoms with Crippen LogP contribution in [0.1, 0.15) is 22.5 Å². The summed E-state index contributed by atoms with van der Waals surface area (Å²) >= 11 is 6.28. The third kappa shape index (κ3) is 3.92. The molecule has 0 fully saturated rings. The summed E-state index contributed by atoms with van der Waals surface area (Å²) in [5.41, 5.74) is 1.51. The number of benzene rings is 2. The molecule has 1 aromatic heterocycles. The van der Waals surface area contributed by atoms with E-state index in [1.165, 1.54) is 22.9 Å². The summed E-state index contributed by atoms with van der Waals surface area (Å²) in [4.78, 5) is 23.3. The molecular formula is C20H17ClN4O5. The van der Waals surface area contributed by atoms with Crippen molar-refractivity contribution in [2.45, 2.75) is 13.3 Å². The minimum Gasteiger partial charge on any atom is -0.489 e. The average molecular weight is 429 g/mol. The molecule has 154 valence electrons. The lowest BCUT2D eigenvalue weighted by molar-refractivity contribution is -0.384. The van der Waals surface area contributed by atoms with Crippen LogP contribution in [-0.2, 0) is 0 Å². The predicted octanol–water partition coefficient (Wildman–Crippen LogP) is 4.16. The number of nitro benzene ring substituents is 1. The number of rotatable bonds is 4. The van der Waals surface area contributed by atoms with E-state index in [0.717, 1.165) is 6.42 Å². The normalized spacial score (nSPS) is 12.9. The fourth-order valence-electron chi connectivity index (χ4n) is 3.05. The van der Waals surface area contributed by atoms with Crippen LogP contribution in [-0.4, -0.2) is 33.8 Å². The first-order chi connectivity index (χ1) is 14.4. The van der Waals surface area contributed by atoms with Gasteiger partial charge in [0.05, 0.1) is 34.5 Å². The number of nitrogens with one attached hydrogen (secondary N) is 1. The Bertz CT molecular complexity index is 1130. The van der Waals surface area contributed by atoms with E-state index in [0.29, 0.717) is 52.5 Å². The van der Waals surface area contributed by atoms with Gasteiger partial charge in [0.2, 0.25) is 0 Å². The number of nitro groups is 1. The van der Waals surface area contributed by atoms with Gasteiger partial charge in [-0.15, -0.1) is 0 Å². The highest BCUT2D eigenvalue weighted by Gasteiger charge is 2.20.